The van der Waals surface area contributed by atoms with Crippen LogP contribution in [0.15, 0.2) is 24.3 Å². The van der Waals surface area contributed by atoms with Crippen molar-refractivity contribution in [2.75, 3.05) is 26.7 Å². The Balaban J connectivity index is 2.00. The molecule has 1 aromatic carbocycles. The van der Waals surface area contributed by atoms with Crippen molar-refractivity contribution in [1.29, 1.82) is 0 Å². The molecule has 2 amide bonds. The van der Waals surface area contributed by atoms with Gasteiger partial charge in [-0.15, -0.1) is 0 Å². The summed E-state index contributed by atoms with van der Waals surface area (Å²) in [6, 6.07) is 7.92. The molecule has 1 heterocycles. The first kappa shape index (κ1) is 18.5. The second-order valence-electron chi connectivity index (χ2n) is 7.26. The molecular weight excluding hydrogens is 304 g/mol. The lowest BCUT2D eigenvalue weighted by atomic mass is 9.83. The molecular formula is C19H28N2O3. The van der Waals surface area contributed by atoms with Gasteiger partial charge in [0.15, 0.2) is 0 Å². The van der Waals surface area contributed by atoms with Crippen molar-refractivity contribution in [3.05, 3.63) is 35.4 Å². The van der Waals surface area contributed by atoms with Crippen molar-refractivity contribution >= 4 is 11.8 Å². The summed E-state index contributed by atoms with van der Waals surface area (Å²) in [6.07, 6.45) is 0.908. The number of benzene rings is 1. The van der Waals surface area contributed by atoms with Crippen molar-refractivity contribution in [1.82, 2.24) is 9.80 Å². The molecule has 0 radical (unpaired) electrons. The lowest BCUT2D eigenvalue weighted by molar-refractivity contribution is -0.143. The second kappa shape index (κ2) is 7.34. The number of likely N-dealkylation sites (tertiary alicyclic amines) is 1. The van der Waals surface area contributed by atoms with Gasteiger partial charge in [-0.3, -0.25) is 9.59 Å². The summed E-state index contributed by atoms with van der Waals surface area (Å²) in [5, 5.41) is 9.53. The molecule has 1 aliphatic rings. The third-order valence-electron chi connectivity index (χ3n) is 4.84. The number of aliphatic hydroxyl groups excluding tert-OH is 1. The summed E-state index contributed by atoms with van der Waals surface area (Å²) < 4.78 is 0. The fraction of sp³-hybridized carbons (Fsp3) is 0.579. The molecule has 1 aromatic rings. The van der Waals surface area contributed by atoms with Crippen molar-refractivity contribution in [2.45, 2.75) is 45.1 Å². The molecule has 0 bridgehead atoms. The van der Waals surface area contributed by atoms with E-state index in [2.05, 4.69) is 0 Å². The molecule has 1 N–H and O–H groups in total. The summed E-state index contributed by atoms with van der Waals surface area (Å²) in [5.41, 5.74) is 1.41. The van der Waals surface area contributed by atoms with Crippen LogP contribution in [0.3, 0.4) is 0 Å². The molecule has 0 aliphatic carbocycles. The zero-order valence-electron chi connectivity index (χ0n) is 15.1. The topological polar surface area (TPSA) is 60.9 Å². The monoisotopic (exact) mass is 332 g/mol. The molecule has 5 heteroatoms. The summed E-state index contributed by atoms with van der Waals surface area (Å²) in [7, 11) is 1.68. The average molecular weight is 332 g/mol. The second-order valence-corrected chi connectivity index (χ2v) is 7.26. The van der Waals surface area contributed by atoms with Gasteiger partial charge in [-0.25, -0.2) is 0 Å². The van der Waals surface area contributed by atoms with Crippen molar-refractivity contribution < 1.29 is 14.7 Å². The van der Waals surface area contributed by atoms with Crippen LogP contribution in [0.2, 0.25) is 0 Å². The number of likely N-dealkylation sites (N-methyl/N-ethyl adjacent to an activating group) is 1. The Morgan fingerprint density at radius 2 is 1.75 bits per heavy atom. The first-order valence-corrected chi connectivity index (χ1v) is 8.50. The zero-order valence-corrected chi connectivity index (χ0v) is 15.1. The van der Waals surface area contributed by atoms with Crippen molar-refractivity contribution in [2.24, 2.45) is 0 Å². The van der Waals surface area contributed by atoms with Crippen LogP contribution < -0.4 is 0 Å². The van der Waals surface area contributed by atoms with Crippen LogP contribution in [-0.2, 0) is 15.0 Å². The van der Waals surface area contributed by atoms with Gasteiger partial charge in [0, 0.05) is 20.1 Å². The van der Waals surface area contributed by atoms with Gasteiger partial charge >= 0.3 is 0 Å². The highest BCUT2D eigenvalue weighted by molar-refractivity contribution is 5.90. The molecule has 5 nitrogen and oxygen atoms in total. The molecule has 1 fully saturated rings. The summed E-state index contributed by atoms with van der Waals surface area (Å²) in [4.78, 5) is 28.5. The Kier molecular flexibility index (Phi) is 5.65. The van der Waals surface area contributed by atoms with E-state index in [-0.39, 0.29) is 24.5 Å². The molecule has 24 heavy (non-hydrogen) atoms. The number of carbonyl (C=O) groups excluding carboxylic acids is 2. The van der Waals surface area contributed by atoms with Gasteiger partial charge in [-0.05, 0) is 39.2 Å². The van der Waals surface area contributed by atoms with Crippen molar-refractivity contribution in [3.63, 3.8) is 0 Å². The first-order chi connectivity index (χ1) is 11.2. The average Bonchev–Trinajstić information content (AvgIpc) is 2.55. The number of piperidine rings is 1. The molecule has 132 valence electrons. The Morgan fingerprint density at radius 3 is 2.29 bits per heavy atom. The van der Waals surface area contributed by atoms with E-state index < -0.39 is 5.41 Å². The number of amides is 2. The van der Waals surface area contributed by atoms with Crippen molar-refractivity contribution in [3.8, 4) is 0 Å². The fourth-order valence-corrected chi connectivity index (χ4v) is 3.06. The predicted molar refractivity (Wildman–Crippen MR) is 93.7 cm³/mol. The van der Waals surface area contributed by atoms with Gasteiger partial charge < -0.3 is 14.9 Å². The maximum absolute atomic E-state index is 12.8. The maximum atomic E-state index is 12.8. The van der Waals surface area contributed by atoms with Gasteiger partial charge in [-0.2, -0.15) is 0 Å². The predicted octanol–water partition coefficient (Wildman–Crippen LogP) is 1.71. The minimum Gasteiger partial charge on any atom is -0.393 e. The van der Waals surface area contributed by atoms with Crippen LogP contribution in [0.4, 0.5) is 0 Å². The molecule has 0 unspecified atom stereocenters. The van der Waals surface area contributed by atoms with Gasteiger partial charge in [0.2, 0.25) is 11.8 Å². The highest BCUT2D eigenvalue weighted by Gasteiger charge is 2.33. The van der Waals surface area contributed by atoms with E-state index >= 15 is 0 Å². The maximum Gasteiger partial charge on any atom is 0.242 e. The molecule has 1 saturated heterocycles. The number of carbonyl (C=O) groups is 2. The number of hydrogen-bond acceptors (Lipinski definition) is 3. The third kappa shape index (κ3) is 4.15. The Hall–Kier alpha value is -1.88. The Bertz CT molecular complexity index is 587. The van der Waals surface area contributed by atoms with E-state index in [0.29, 0.717) is 25.9 Å². The molecule has 0 saturated carbocycles. The smallest absolute Gasteiger partial charge is 0.242 e. The molecule has 0 atom stereocenters. The summed E-state index contributed by atoms with van der Waals surface area (Å²) in [6.45, 7) is 6.98. The normalized spacial score (nSPS) is 16.1. The Morgan fingerprint density at radius 1 is 1.21 bits per heavy atom. The summed E-state index contributed by atoms with van der Waals surface area (Å²) in [5.74, 6) is -0.130. The quantitative estimate of drug-likeness (QED) is 0.913. The Labute approximate surface area is 144 Å². The van der Waals surface area contributed by atoms with E-state index in [4.69, 9.17) is 0 Å². The highest BCUT2D eigenvalue weighted by atomic mass is 16.3. The van der Waals surface area contributed by atoms with Crippen LogP contribution in [0.5, 0.6) is 0 Å². The van der Waals surface area contributed by atoms with Crippen LogP contribution in [0.1, 0.15) is 37.8 Å². The lowest BCUT2D eigenvalue weighted by Gasteiger charge is -2.33. The molecule has 1 aliphatic heterocycles. The van der Waals surface area contributed by atoms with Gasteiger partial charge in [0.25, 0.3) is 0 Å². The van der Waals surface area contributed by atoms with Gasteiger partial charge in [-0.1, -0.05) is 29.8 Å². The minimum atomic E-state index is -0.680. The first-order valence-electron chi connectivity index (χ1n) is 8.50. The van der Waals surface area contributed by atoms with E-state index in [0.717, 1.165) is 11.1 Å². The molecule has 0 aromatic heterocycles. The van der Waals surface area contributed by atoms with E-state index in [9.17, 15) is 14.7 Å². The summed E-state index contributed by atoms with van der Waals surface area (Å²) >= 11 is 0. The standard InChI is InChI=1S/C19H28N2O3/c1-14-5-7-15(8-6-14)19(2,3)18(24)20(4)13-17(23)21-11-9-16(22)10-12-21/h5-8,16,22H,9-13H2,1-4H3. The van der Waals surface area contributed by atoms with Crippen LogP contribution in [-0.4, -0.2) is 59.5 Å². The molecule has 2 rings (SSSR count). The van der Waals surface area contributed by atoms with Crippen LogP contribution >= 0.6 is 0 Å². The fourth-order valence-electron chi connectivity index (χ4n) is 3.06. The SMILES string of the molecule is Cc1ccc(C(C)(C)C(=O)N(C)CC(=O)N2CCC(O)CC2)cc1. The van der Waals surface area contributed by atoms with E-state index in [1.807, 2.05) is 45.0 Å². The zero-order chi connectivity index (χ0) is 17.9. The number of hydrogen-bond donors (Lipinski definition) is 1. The molecule has 0 spiro atoms. The number of nitrogens with zero attached hydrogens (tertiary/aromatic N) is 2. The lowest BCUT2D eigenvalue weighted by Crippen LogP contribution is -2.48. The number of rotatable bonds is 4. The third-order valence-corrected chi connectivity index (χ3v) is 4.84. The van der Waals surface area contributed by atoms with Gasteiger partial charge in [0.05, 0.1) is 18.1 Å². The van der Waals surface area contributed by atoms with Gasteiger partial charge in [0.1, 0.15) is 0 Å². The van der Waals surface area contributed by atoms with Crippen LogP contribution in [0, 0.1) is 6.92 Å². The van der Waals surface area contributed by atoms with E-state index in [1.54, 1.807) is 11.9 Å². The highest BCUT2D eigenvalue weighted by Crippen LogP contribution is 2.25. The minimum absolute atomic E-state index is 0.0579. The number of aliphatic hydroxyl groups is 1. The van der Waals surface area contributed by atoms with Crippen LogP contribution in [0.25, 0.3) is 0 Å². The van der Waals surface area contributed by atoms with E-state index in [1.165, 1.54) is 4.90 Å². The largest absolute Gasteiger partial charge is 0.393 e. The number of aryl methyl sites for hydroxylation is 1.